The van der Waals surface area contributed by atoms with Crippen LogP contribution in [0.1, 0.15) is 5.01 Å². The summed E-state index contributed by atoms with van der Waals surface area (Å²) < 4.78 is 1.14. The number of urea groups is 1. The van der Waals surface area contributed by atoms with Crippen LogP contribution in [0.5, 0.6) is 0 Å². The van der Waals surface area contributed by atoms with Crippen LogP contribution in [0.15, 0.2) is 54.6 Å². The molecule has 2 aromatic carbocycles. The number of hydrogen-bond donors (Lipinski definition) is 1. The zero-order chi connectivity index (χ0) is 14.7. The van der Waals surface area contributed by atoms with E-state index in [1.165, 1.54) is 0 Å². The Morgan fingerprint density at radius 1 is 1.14 bits per heavy atom. The maximum atomic E-state index is 12.1. The van der Waals surface area contributed by atoms with Gasteiger partial charge in [0.2, 0.25) is 0 Å². The van der Waals surface area contributed by atoms with Gasteiger partial charge in [-0.2, -0.15) is 0 Å². The second-order valence-corrected chi connectivity index (χ2v) is 5.84. The smallest absolute Gasteiger partial charge is 0.321 e. The zero-order valence-corrected chi connectivity index (χ0v) is 12.4. The Bertz CT molecular complexity index is 721. The lowest BCUT2D eigenvalue weighted by atomic mass is 10.3. The number of hydrogen-bond acceptors (Lipinski definition) is 3. The first-order chi connectivity index (χ1) is 10.2. The van der Waals surface area contributed by atoms with Gasteiger partial charge in [0.15, 0.2) is 0 Å². The average molecular weight is 297 g/mol. The molecule has 0 bridgehead atoms. The number of nitrogens with one attached hydrogen (secondary N) is 1. The molecule has 106 valence electrons. The molecule has 0 saturated carbocycles. The van der Waals surface area contributed by atoms with Crippen LogP contribution in [-0.2, 0) is 6.54 Å². The molecule has 2 amide bonds. The van der Waals surface area contributed by atoms with Crippen molar-refractivity contribution >= 4 is 33.3 Å². The summed E-state index contributed by atoms with van der Waals surface area (Å²) in [5.74, 6) is 0. The minimum Gasteiger partial charge on any atom is -0.321 e. The normalized spacial score (nSPS) is 10.5. The number of fused-ring (bicyclic) bond motifs is 1. The van der Waals surface area contributed by atoms with Crippen molar-refractivity contribution in [1.29, 1.82) is 0 Å². The lowest BCUT2D eigenvalue weighted by Crippen LogP contribution is -2.30. The third-order valence-corrected chi connectivity index (χ3v) is 4.10. The molecule has 4 nitrogen and oxygen atoms in total. The Morgan fingerprint density at radius 2 is 1.86 bits per heavy atom. The minimum absolute atomic E-state index is 0.138. The Hall–Kier alpha value is -2.40. The van der Waals surface area contributed by atoms with Gasteiger partial charge in [-0.15, -0.1) is 11.3 Å². The van der Waals surface area contributed by atoms with Crippen LogP contribution in [0.25, 0.3) is 10.2 Å². The van der Waals surface area contributed by atoms with Crippen LogP contribution in [0.3, 0.4) is 0 Å². The van der Waals surface area contributed by atoms with E-state index in [0.717, 1.165) is 20.9 Å². The maximum Gasteiger partial charge on any atom is 0.321 e. The monoisotopic (exact) mass is 297 g/mol. The molecule has 0 atom stereocenters. The Labute approximate surface area is 127 Å². The second-order valence-electron chi connectivity index (χ2n) is 4.73. The molecule has 0 spiro atoms. The molecule has 21 heavy (non-hydrogen) atoms. The second kappa shape index (κ2) is 5.93. The van der Waals surface area contributed by atoms with E-state index in [2.05, 4.69) is 10.3 Å². The number of carbonyl (C=O) groups is 1. The number of anilines is 1. The standard InChI is InChI=1S/C16H15N3OS/c1-19(16(20)17-12-7-3-2-4-8-12)11-15-18-13-9-5-6-10-14(13)21-15/h2-10H,11H2,1H3,(H,17,20). The number of thiazole rings is 1. The lowest BCUT2D eigenvalue weighted by Gasteiger charge is -2.16. The van der Waals surface area contributed by atoms with E-state index in [0.29, 0.717) is 6.54 Å². The Balaban J connectivity index is 1.67. The molecule has 0 unspecified atom stereocenters. The van der Waals surface area contributed by atoms with E-state index in [1.54, 1.807) is 23.3 Å². The third kappa shape index (κ3) is 3.20. The van der Waals surface area contributed by atoms with E-state index in [-0.39, 0.29) is 6.03 Å². The van der Waals surface area contributed by atoms with Gasteiger partial charge in [0.25, 0.3) is 0 Å². The number of amides is 2. The maximum absolute atomic E-state index is 12.1. The molecule has 0 aliphatic rings. The van der Waals surface area contributed by atoms with Gasteiger partial charge in [-0.1, -0.05) is 30.3 Å². The van der Waals surface area contributed by atoms with Crippen molar-refractivity contribution in [3.8, 4) is 0 Å². The van der Waals surface area contributed by atoms with Crippen molar-refractivity contribution in [2.24, 2.45) is 0 Å². The molecule has 5 heteroatoms. The van der Waals surface area contributed by atoms with Gasteiger partial charge in [0, 0.05) is 12.7 Å². The average Bonchev–Trinajstić information content (AvgIpc) is 2.90. The van der Waals surface area contributed by atoms with Crippen LogP contribution in [-0.4, -0.2) is 23.0 Å². The van der Waals surface area contributed by atoms with Crippen molar-refractivity contribution < 1.29 is 4.79 Å². The molecule has 1 N–H and O–H groups in total. The van der Waals surface area contributed by atoms with Gasteiger partial charge in [-0.3, -0.25) is 0 Å². The van der Waals surface area contributed by atoms with Gasteiger partial charge in [-0.25, -0.2) is 9.78 Å². The summed E-state index contributed by atoms with van der Waals surface area (Å²) in [5, 5.41) is 3.79. The molecular formula is C16H15N3OS. The first-order valence-electron chi connectivity index (χ1n) is 6.64. The Morgan fingerprint density at radius 3 is 2.62 bits per heavy atom. The lowest BCUT2D eigenvalue weighted by molar-refractivity contribution is 0.220. The zero-order valence-electron chi connectivity index (χ0n) is 11.6. The molecular weight excluding hydrogens is 282 g/mol. The first-order valence-corrected chi connectivity index (χ1v) is 7.45. The van der Waals surface area contributed by atoms with Crippen LogP contribution in [0, 0.1) is 0 Å². The molecule has 0 radical (unpaired) electrons. The van der Waals surface area contributed by atoms with Gasteiger partial charge in [-0.05, 0) is 24.3 Å². The molecule has 3 aromatic rings. The molecule has 1 heterocycles. The SMILES string of the molecule is CN(Cc1nc2ccccc2s1)C(=O)Nc1ccccc1. The largest absolute Gasteiger partial charge is 0.321 e. The third-order valence-electron chi connectivity index (χ3n) is 3.08. The van der Waals surface area contributed by atoms with Crippen molar-refractivity contribution in [2.45, 2.75) is 6.54 Å². The highest BCUT2D eigenvalue weighted by Crippen LogP contribution is 2.22. The van der Waals surface area contributed by atoms with E-state index in [9.17, 15) is 4.79 Å². The highest BCUT2D eigenvalue weighted by Gasteiger charge is 2.12. The number of aromatic nitrogens is 1. The van der Waals surface area contributed by atoms with Gasteiger partial charge in [0.05, 0.1) is 16.8 Å². The van der Waals surface area contributed by atoms with Crippen molar-refractivity contribution in [1.82, 2.24) is 9.88 Å². The van der Waals surface area contributed by atoms with Crippen LogP contribution >= 0.6 is 11.3 Å². The summed E-state index contributed by atoms with van der Waals surface area (Å²) in [7, 11) is 1.77. The highest BCUT2D eigenvalue weighted by atomic mass is 32.1. The molecule has 0 fully saturated rings. The number of benzene rings is 2. The van der Waals surface area contributed by atoms with Crippen molar-refractivity contribution in [2.75, 3.05) is 12.4 Å². The summed E-state index contributed by atoms with van der Waals surface area (Å²) in [4.78, 5) is 18.3. The predicted molar refractivity (Wildman–Crippen MR) is 86.5 cm³/mol. The van der Waals surface area contributed by atoms with Crippen LogP contribution in [0.4, 0.5) is 10.5 Å². The number of para-hydroxylation sites is 2. The van der Waals surface area contributed by atoms with E-state index < -0.39 is 0 Å². The minimum atomic E-state index is -0.138. The first kappa shape index (κ1) is 13.6. The summed E-state index contributed by atoms with van der Waals surface area (Å²) in [6, 6.07) is 17.3. The molecule has 1 aromatic heterocycles. The topological polar surface area (TPSA) is 45.2 Å². The number of nitrogens with zero attached hydrogens (tertiary/aromatic N) is 2. The quantitative estimate of drug-likeness (QED) is 0.795. The van der Waals surface area contributed by atoms with Crippen LogP contribution in [0.2, 0.25) is 0 Å². The van der Waals surface area contributed by atoms with Crippen molar-refractivity contribution in [3.63, 3.8) is 0 Å². The van der Waals surface area contributed by atoms with Gasteiger partial charge >= 0.3 is 6.03 Å². The Kier molecular flexibility index (Phi) is 3.83. The fourth-order valence-corrected chi connectivity index (χ4v) is 3.02. The molecule has 3 rings (SSSR count). The van der Waals surface area contributed by atoms with Gasteiger partial charge in [0.1, 0.15) is 5.01 Å². The molecule has 0 saturated heterocycles. The molecule has 0 aliphatic heterocycles. The summed E-state index contributed by atoms with van der Waals surface area (Å²) >= 11 is 1.62. The fourth-order valence-electron chi connectivity index (χ4n) is 2.00. The van der Waals surface area contributed by atoms with E-state index >= 15 is 0 Å². The predicted octanol–water partition coefficient (Wildman–Crippen LogP) is 3.96. The van der Waals surface area contributed by atoms with Crippen LogP contribution < -0.4 is 5.32 Å². The summed E-state index contributed by atoms with van der Waals surface area (Å²) in [5.41, 5.74) is 1.77. The summed E-state index contributed by atoms with van der Waals surface area (Å²) in [6.07, 6.45) is 0. The summed E-state index contributed by atoms with van der Waals surface area (Å²) in [6.45, 7) is 0.498. The van der Waals surface area contributed by atoms with E-state index in [4.69, 9.17) is 0 Å². The number of carbonyl (C=O) groups excluding carboxylic acids is 1. The number of rotatable bonds is 3. The van der Waals surface area contributed by atoms with Crippen molar-refractivity contribution in [3.05, 3.63) is 59.6 Å². The highest BCUT2D eigenvalue weighted by molar-refractivity contribution is 7.18. The fraction of sp³-hybridized carbons (Fsp3) is 0.125. The molecule has 0 aliphatic carbocycles. The van der Waals surface area contributed by atoms with Gasteiger partial charge < -0.3 is 10.2 Å². The van der Waals surface area contributed by atoms with E-state index in [1.807, 2.05) is 54.6 Å².